The van der Waals surface area contributed by atoms with Gasteiger partial charge in [-0.2, -0.15) is 0 Å². The molecular formula is C10H21NO. The SMILES string of the molecule is CCC(C)NCC(=O)C(C)(C)C. The molecule has 1 unspecified atom stereocenters. The van der Waals surface area contributed by atoms with Gasteiger partial charge in [-0.25, -0.2) is 0 Å². The van der Waals surface area contributed by atoms with E-state index in [9.17, 15) is 4.79 Å². The third-order valence-electron chi connectivity index (χ3n) is 2.06. The highest BCUT2D eigenvalue weighted by molar-refractivity contribution is 5.85. The Kier molecular flexibility index (Phi) is 4.46. The van der Waals surface area contributed by atoms with Crippen molar-refractivity contribution in [3.05, 3.63) is 0 Å². The van der Waals surface area contributed by atoms with Gasteiger partial charge in [0, 0.05) is 11.5 Å². The molecule has 0 aromatic rings. The molecule has 0 fully saturated rings. The molecule has 0 heterocycles. The number of rotatable bonds is 4. The molecular weight excluding hydrogens is 150 g/mol. The molecule has 0 amide bonds. The number of Topliss-reactive ketones (excluding diaryl/α,β-unsaturated/α-hetero) is 1. The van der Waals surface area contributed by atoms with Crippen molar-refractivity contribution in [2.24, 2.45) is 5.41 Å². The summed E-state index contributed by atoms with van der Waals surface area (Å²) in [5.41, 5.74) is -0.208. The summed E-state index contributed by atoms with van der Waals surface area (Å²) in [6.45, 7) is 10.6. The minimum atomic E-state index is -0.208. The molecule has 0 aromatic heterocycles. The summed E-state index contributed by atoms with van der Waals surface area (Å²) in [6, 6.07) is 0.441. The van der Waals surface area contributed by atoms with Gasteiger partial charge in [-0.1, -0.05) is 27.7 Å². The van der Waals surface area contributed by atoms with E-state index in [0.29, 0.717) is 12.6 Å². The molecule has 0 aliphatic rings. The predicted octanol–water partition coefficient (Wildman–Crippen LogP) is 1.99. The van der Waals surface area contributed by atoms with Crippen LogP contribution < -0.4 is 5.32 Å². The summed E-state index contributed by atoms with van der Waals surface area (Å²) in [6.07, 6.45) is 1.07. The number of ketones is 1. The van der Waals surface area contributed by atoms with E-state index in [2.05, 4.69) is 19.2 Å². The van der Waals surface area contributed by atoms with Gasteiger partial charge >= 0.3 is 0 Å². The van der Waals surface area contributed by atoms with E-state index in [1.165, 1.54) is 0 Å². The summed E-state index contributed by atoms with van der Waals surface area (Å²) in [5, 5.41) is 3.19. The highest BCUT2D eigenvalue weighted by atomic mass is 16.1. The quantitative estimate of drug-likeness (QED) is 0.701. The number of carbonyl (C=O) groups is 1. The van der Waals surface area contributed by atoms with E-state index in [1.807, 2.05) is 20.8 Å². The van der Waals surface area contributed by atoms with Crippen molar-refractivity contribution in [1.29, 1.82) is 0 Å². The molecule has 0 aliphatic carbocycles. The Balaban J connectivity index is 3.73. The molecule has 0 radical (unpaired) electrons. The predicted molar refractivity (Wildman–Crippen MR) is 52.2 cm³/mol. The first-order valence-corrected chi connectivity index (χ1v) is 4.64. The summed E-state index contributed by atoms with van der Waals surface area (Å²) < 4.78 is 0. The fraction of sp³-hybridized carbons (Fsp3) is 0.900. The van der Waals surface area contributed by atoms with Crippen LogP contribution >= 0.6 is 0 Å². The van der Waals surface area contributed by atoms with Crippen LogP contribution in [-0.2, 0) is 4.79 Å². The van der Waals surface area contributed by atoms with Crippen molar-refractivity contribution in [3.8, 4) is 0 Å². The second-order valence-electron chi connectivity index (χ2n) is 4.36. The van der Waals surface area contributed by atoms with E-state index in [1.54, 1.807) is 0 Å². The maximum Gasteiger partial charge on any atom is 0.151 e. The summed E-state index contributed by atoms with van der Waals surface area (Å²) >= 11 is 0. The topological polar surface area (TPSA) is 29.1 Å². The highest BCUT2D eigenvalue weighted by Gasteiger charge is 2.20. The van der Waals surface area contributed by atoms with Crippen LogP contribution in [0.15, 0.2) is 0 Å². The van der Waals surface area contributed by atoms with Gasteiger partial charge in [0.25, 0.3) is 0 Å². The van der Waals surface area contributed by atoms with Crippen molar-refractivity contribution in [2.75, 3.05) is 6.54 Å². The molecule has 0 spiro atoms. The maximum atomic E-state index is 11.4. The Labute approximate surface area is 75.7 Å². The number of nitrogens with one attached hydrogen (secondary N) is 1. The van der Waals surface area contributed by atoms with Gasteiger partial charge in [0.05, 0.1) is 6.54 Å². The first kappa shape index (κ1) is 11.6. The fourth-order valence-corrected chi connectivity index (χ4v) is 0.676. The van der Waals surface area contributed by atoms with E-state index in [4.69, 9.17) is 0 Å². The molecule has 0 bridgehead atoms. The smallest absolute Gasteiger partial charge is 0.151 e. The standard InChI is InChI=1S/C10H21NO/c1-6-8(2)11-7-9(12)10(3,4)5/h8,11H,6-7H2,1-5H3. The molecule has 2 nitrogen and oxygen atoms in total. The van der Waals surface area contributed by atoms with Gasteiger partial charge in [0.15, 0.2) is 5.78 Å². The molecule has 0 saturated heterocycles. The largest absolute Gasteiger partial charge is 0.307 e. The van der Waals surface area contributed by atoms with Crippen molar-refractivity contribution in [1.82, 2.24) is 5.32 Å². The van der Waals surface area contributed by atoms with E-state index < -0.39 is 0 Å². The van der Waals surface area contributed by atoms with E-state index in [0.717, 1.165) is 6.42 Å². The maximum absolute atomic E-state index is 11.4. The second-order valence-corrected chi connectivity index (χ2v) is 4.36. The van der Waals surface area contributed by atoms with Crippen molar-refractivity contribution < 1.29 is 4.79 Å². The highest BCUT2D eigenvalue weighted by Crippen LogP contribution is 2.13. The van der Waals surface area contributed by atoms with E-state index >= 15 is 0 Å². The molecule has 0 aromatic carbocycles. The van der Waals surface area contributed by atoms with Crippen LogP contribution in [0.2, 0.25) is 0 Å². The zero-order chi connectivity index (χ0) is 9.78. The molecule has 0 saturated carbocycles. The van der Waals surface area contributed by atoms with Crippen LogP contribution in [0.1, 0.15) is 41.0 Å². The lowest BCUT2D eigenvalue weighted by atomic mass is 9.91. The van der Waals surface area contributed by atoms with Crippen LogP contribution in [0.5, 0.6) is 0 Å². The first-order valence-electron chi connectivity index (χ1n) is 4.64. The third-order valence-corrected chi connectivity index (χ3v) is 2.06. The Morgan fingerprint density at radius 3 is 2.25 bits per heavy atom. The minimum Gasteiger partial charge on any atom is -0.307 e. The lowest BCUT2D eigenvalue weighted by molar-refractivity contribution is -0.125. The molecule has 1 N–H and O–H groups in total. The number of hydrogen-bond donors (Lipinski definition) is 1. The lowest BCUT2D eigenvalue weighted by Gasteiger charge is -2.18. The minimum absolute atomic E-state index is 0.208. The number of carbonyl (C=O) groups excluding carboxylic acids is 1. The second kappa shape index (κ2) is 4.61. The van der Waals surface area contributed by atoms with Gasteiger partial charge < -0.3 is 5.32 Å². The summed E-state index contributed by atoms with van der Waals surface area (Å²) in [4.78, 5) is 11.4. The van der Waals surface area contributed by atoms with Gasteiger partial charge in [0.2, 0.25) is 0 Å². The van der Waals surface area contributed by atoms with Crippen LogP contribution in [0.25, 0.3) is 0 Å². The van der Waals surface area contributed by atoms with Gasteiger partial charge in [-0.05, 0) is 13.3 Å². The summed E-state index contributed by atoms with van der Waals surface area (Å²) in [5.74, 6) is 0.280. The molecule has 1 atom stereocenters. The number of hydrogen-bond acceptors (Lipinski definition) is 2. The van der Waals surface area contributed by atoms with Crippen LogP contribution in [0.3, 0.4) is 0 Å². The van der Waals surface area contributed by atoms with Gasteiger partial charge in [0.1, 0.15) is 0 Å². The van der Waals surface area contributed by atoms with E-state index in [-0.39, 0.29) is 11.2 Å². The van der Waals surface area contributed by atoms with Crippen molar-refractivity contribution >= 4 is 5.78 Å². The van der Waals surface area contributed by atoms with Crippen molar-refractivity contribution in [3.63, 3.8) is 0 Å². The zero-order valence-electron chi connectivity index (χ0n) is 8.90. The van der Waals surface area contributed by atoms with Crippen LogP contribution in [-0.4, -0.2) is 18.4 Å². The molecule has 2 heteroatoms. The molecule has 12 heavy (non-hydrogen) atoms. The van der Waals surface area contributed by atoms with Crippen LogP contribution in [0, 0.1) is 5.41 Å². The molecule has 0 aliphatic heterocycles. The first-order chi connectivity index (χ1) is 5.38. The van der Waals surface area contributed by atoms with Crippen LogP contribution in [0.4, 0.5) is 0 Å². The third kappa shape index (κ3) is 4.50. The Morgan fingerprint density at radius 2 is 1.92 bits per heavy atom. The molecule has 72 valence electrons. The fourth-order valence-electron chi connectivity index (χ4n) is 0.676. The lowest BCUT2D eigenvalue weighted by Crippen LogP contribution is -2.36. The molecule has 0 rings (SSSR count). The Morgan fingerprint density at radius 1 is 1.42 bits per heavy atom. The average Bonchev–Trinajstić information content (AvgIpc) is 1.97. The van der Waals surface area contributed by atoms with Gasteiger partial charge in [-0.3, -0.25) is 4.79 Å². The zero-order valence-corrected chi connectivity index (χ0v) is 8.90. The average molecular weight is 171 g/mol. The van der Waals surface area contributed by atoms with Gasteiger partial charge in [-0.15, -0.1) is 0 Å². The monoisotopic (exact) mass is 171 g/mol. The Bertz CT molecular complexity index is 146. The summed E-state index contributed by atoms with van der Waals surface area (Å²) in [7, 11) is 0. The van der Waals surface area contributed by atoms with Crippen molar-refractivity contribution in [2.45, 2.75) is 47.1 Å². The Hall–Kier alpha value is -0.370. The normalized spacial score (nSPS) is 14.4.